The second-order valence-corrected chi connectivity index (χ2v) is 4.68. The molecule has 0 aliphatic heterocycles. The molecule has 4 nitrogen and oxygen atoms in total. The van der Waals surface area contributed by atoms with Crippen molar-refractivity contribution in [2.45, 2.75) is 5.03 Å². The van der Waals surface area contributed by atoms with Gasteiger partial charge in [0.25, 0.3) is 10.0 Å². The van der Waals surface area contributed by atoms with Gasteiger partial charge in [-0.15, -0.1) is 0 Å². The largest absolute Gasteiger partial charge is 0.279 e. The Labute approximate surface area is 94.0 Å². The van der Waals surface area contributed by atoms with Gasteiger partial charge in [-0.05, 0) is 18.2 Å². The van der Waals surface area contributed by atoms with E-state index in [2.05, 4.69) is 15.8 Å². The Morgan fingerprint density at radius 1 is 1.12 bits per heavy atom. The molecule has 1 heterocycles. The van der Waals surface area contributed by atoms with Gasteiger partial charge in [0, 0.05) is 12.3 Å². The Balaban J connectivity index is 2.29. The van der Waals surface area contributed by atoms with Crippen molar-refractivity contribution in [3.05, 3.63) is 54.7 Å². The highest BCUT2D eigenvalue weighted by atomic mass is 32.2. The lowest BCUT2D eigenvalue weighted by molar-refractivity contribution is 0.597. The average Bonchev–Trinajstić information content (AvgIpc) is 2.31. The SMILES string of the molecule is O=S(=O)(Nc1[c]cccc1)c1ccccn1. The molecule has 0 aliphatic rings. The summed E-state index contributed by atoms with van der Waals surface area (Å²) in [6.45, 7) is 0. The summed E-state index contributed by atoms with van der Waals surface area (Å²) in [5.74, 6) is 0. The van der Waals surface area contributed by atoms with E-state index in [0.29, 0.717) is 5.69 Å². The Morgan fingerprint density at radius 2 is 1.94 bits per heavy atom. The summed E-state index contributed by atoms with van der Waals surface area (Å²) < 4.78 is 26.0. The van der Waals surface area contributed by atoms with E-state index in [9.17, 15) is 8.42 Å². The van der Waals surface area contributed by atoms with Gasteiger partial charge in [0.2, 0.25) is 0 Å². The molecule has 1 radical (unpaired) electrons. The first kappa shape index (κ1) is 10.6. The van der Waals surface area contributed by atoms with Crippen LogP contribution in [0.25, 0.3) is 0 Å². The fourth-order valence-electron chi connectivity index (χ4n) is 1.16. The van der Waals surface area contributed by atoms with E-state index in [1.807, 2.05) is 0 Å². The minimum atomic E-state index is -3.61. The van der Waals surface area contributed by atoms with Crippen LogP contribution >= 0.6 is 0 Å². The minimum absolute atomic E-state index is 0.00717. The van der Waals surface area contributed by atoms with Gasteiger partial charge in [0.15, 0.2) is 5.03 Å². The first-order valence-electron chi connectivity index (χ1n) is 4.59. The third kappa shape index (κ3) is 2.38. The maximum atomic E-state index is 11.8. The molecule has 1 aromatic carbocycles. The van der Waals surface area contributed by atoms with Crippen molar-refractivity contribution in [3.63, 3.8) is 0 Å². The number of nitrogens with zero attached hydrogens (tertiary/aromatic N) is 1. The monoisotopic (exact) mass is 233 g/mol. The molecule has 0 aliphatic carbocycles. The van der Waals surface area contributed by atoms with Crippen LogP contribution < -0.4 is 4.72 Å². The van der Waals surface area contributed by atoms with Gasteiger partial charge >= 0.3 is 0 Å². The normalized spacial score (nSPS) is 11.0. The van der Waals surface area contributed by atoms with Crippen LogP contribution in [-0.2, 0) is 10.0 Å². The highest BCUT2D eigenvalue weighted by molar-refractivity contribution is 7.92. The molecule has 5 heteroatoms. The number of hydrogen-bond donors (Lipinski definition) is 1. The molecular weight excluding hydrogens is 224 g/mol. The van der Waals surface area contributed by atoms with Crippen LogP contribution in [0.4, 0.5) is 5.69 Å². The molecule has 0 atom stereocenters. The van der Waals surface area contributed by atoms with E-state index in [0.717, 1.165) is 0 Å². The van der Waals surface area contributed by atoms with E-state index in [-0.39, 0.29) is 5.03 Å². The highest BCUT2D eigenvalue weighted by Gasteiger charge is 2.14. The summed E-state index contributed by atoms with van der Waals surface area (Å²) in [7, 11) is -3.61. The summed E-state index contributed by atoms with van der Waals surface area (Å²) in [6, 6.07) is 14.2. The van der Waals surface area contributed by atoms with Crippen molar-refractivity contribution >= 4 is 15.7 Å². The second kappa shape index (κ2) is 4.32. The lowest BCUT2D eigenvalue weighted by atomic mass is 10.3. The molecule has 0 saturated heterocycles. The molecule has 2 rings (SSSR count). The van der Waals surface area contributed by atoms with Crippen LogP contribution in [0, 0.1) is 6.07 Å². The van der Waals surface area contributed by atoms with Gasteiger partial charge in [-0.2, -0.15) is 8.42 Å². The summed E-state index contributed by atoms with van der Waals surface area (Å²) >= 11 is 0. The molecule has 0 unspecified atom stereocenters. The quantitative estimate of drug-likeness (QED) is 0.877. The number of nitrogens with one attached hydrogen (secondary N) is 1. The molecule has 0 spiro atoms. The Hall–Kier alpha value is -1.88. The molecule has 0 saturated carbocycles. The predicted molar refractivity (Wildman–Crippen MR) is 60.3 cm³/mol. The zero-order valence-corrected chi connectivity index (χ0v) is 9.11. The summed E-state index contributed by atoms with van der Waals surface area (Å²) in [6.07, 6.45) is 1.43. The smallest absolute Gasteiger partial charge is 0.278 e. The third-order valence-corrected chi connectivity index (χ3v) is 3.15. The van der Waals surface area contributed by atoms with E-state index >= 15 is 0 Å². The molecule has 2 aromatic rings. The van der Waals surface area contributed by atoms with Crippen LogP contribution in [0.1, 0.15) is 0 Å². The van der Waals surface area contributed by atoms with Gasteiger partial charge in [0.1, 0.15) is 0 Å². The topological polar surface area (TPSA) is 59.1 Å². The average molecular weight is 233 g/mol. The summed E-state index contributed by atoms with van der Waals surface area (Å²) in [5.41, 5.74) is 0.396. The second-order valence-electron chi connectivity index (χ2n) is 3.05. The Kier molecular flexibility index (Phi) is 2.87. The molecule has 0 bridgehead atoms. The van der Waals surface area contributed by atoms with Gasteiger partial charge < -0.3 is 0 Å². The minimum Gasteiger partial charge on any atom is -0.278 e. The van der Waals surface area contributed by atoms with Crippen molar-refractivity contribution in [2.75, 3.05) is 4.72 Å². The lowest BCUT2D eigenvalue weighted by Gasteiger charge is -2.05. The number of anilines is 1. The summed E-state index contributed by atoms with van der Waals surface area (Å²) in [5, 5.41) is -0.00717. The van der Waals surface area contributed by atoms with Crippen molar-refractivity contribution in [1.82, 2.24) is 4.98 Å². The number of benzene rings is 1. The van der Waals surface area contributed by atoms with Crippen LogP contribution in [0.3, 0.4) is 0 Å². The van der Waals surface area contributed by atoms with Crippen molar-refractivity contribution in [1.29, 1.82) is 0 Å². The maximum absolute atomic E-state index is 11.8. The molecular formula is C11H9N2O2S. The first-order chi connectivity index (χ1) is 7.68. The molecule has 16 heavy (non-hydrogen) atoms. The number of sulfonamides is 1. The number of para-hydroxylation sites is 1. The molecule has 81 valence electrons. The zero-order valence-electron chi connectivity index (χ0n) is 8.29. The van der Waals surface area contributed by atoms with Gasteiger partial charge in [-0.3, -0.25) is 4.72 Å². The van der Waals surface area contributed by atoms with Crippen molar-refractivity contribution in [2.24, 2.45) is 0 Å². The fraction of sp³-hybridized carbons (Fsp3) is 0. The molecule has 1 aromatic heterocycles. The molecule has 0 amide bonds. The molecule has 0 fully saturated rings. The van der Waals surface area contributed by atoms with E-state index in [4.69, 9.17) is 0 Å². The number of hydrogen-bond acceptors (Lipinski definition) is 3. The van der Waals surface area contributed by atoms with Crippen LogP contribution in [0.15, 0.2) is 53.7 Å². The van der Waals surface area contributed by atoms with Crippen LogP contribution in [0.5, 0.6) is 0 Å². The summed E-state index contributed by atoms with van der Waals surface area (Å²) in [4.78, 5) is 3.78. The number of pyridine rings is 1. The first-order valence-corrected chi connectivity index (χ1v) is 6.07. The number of aromatic nitrogens is 1. The van der Waals surface area contributed by atoms with Gasteiger partial charge in [0.05, 0.1) is 5.69 Å². The van der Waals surface area contributed by atoms with E-state index < -0.39 is 10.0 Å². The highest BCUT2D eigenvalue weighted by Crippen LogP contribution is 2.12. The zero-order chi connectivity index (χ0) is 11.4. The van der Waals surface area contributed by atoms with Crippen molar-refractivity contribution < 1.29 is 8.42 Å². The molecule has 1 N–H and O–H groups in total. The van der Waals surface area contributed by atoms with E-state index in [1.54, 1.807) is 36.4 Å². The standard InChI is InChI=1S/C11H9N2O2S/c14-16(15,11-8-4-5-9-12-11)13-10-6-2-1-3-7-10/h1-6,8-9,13H. The Bertz CT molecular complexity index is 553. The number of rotatable bonds is 3. The van der Waals surface area contributed by atoms with Crippen LogP contribution in [-0.4, -0.2) is 13.4 Å². The fourth-order valence-corrected chi connectivity index (χ4v) is 2.14. The van der Waals surface area contributed by atoms with Crippen LogP contribution in [0.2, 0.25) is 0 Å². The van der Waals surface area contributed by atoms with Crippen molar-refractivity contribution in [3.8, 4) is 0 Å². The lowest BCUT2D eigenvalue weighted by Crippen LogP contribution is -2.14. The van der Waals surface area contributed by atoms with Gasteiger partial charge in [-0.25, -0.2) is 4.98 Å². The van der Waals surface area contributed by atoms with E-state index in [1.165, 1.54) is 12.3 Å². The predicted octanol–water partition coefficient (Wildman–Crippen LogP) is 1.68. The Morgan fingerprint density at radius 3 is 2.56 bits per heavy atom. The van der Waals surface area contributed by atoms with Gasteiger partial charge in [-0.1, -0.05) is 24.3 Å². The third-order valence-electron chi connectivity index (χ3n) is 1.87. The maximum Gasteiger partial charge on any atom is 0.279 e.